The van der Waals surface area contributed by atoms with Gasteiger partial charge >= 0.3 is 0 Å². The van der Waals surface area contributed by atoms with Crippen molar-refractivity contribution in [1.29, 1.82) is 5.26 Å². The maximum Gasteiger partial charge on any atom is 0.255 e. The Morgan fingerprint density at radius 1 is 1.18 bits per heavy atom. The van der Waals surface area contributed by atoms with E-state index in [0.717, 1.165) is 31.7 Å². The third kappa shape index (κ3) is 3.93. The van der Waals surface area contributed by atoms with E-state index in [1.807, 2.05) is 12.1 Å². The first-order valence-corrected chi connectivity index (χ1v) is 9.44. The maximum absolute atomic E-state index is 13.4. The molecule has 0 amide bonds. The van der Waals surface area contributed by atoms with Gasteiger partial charge in [-0.25, -0.2) is 4.98 Å². The van der Waals surface area contributed by atoms with Crippen LogP contribution in [0.4, 0.5) is 4.39 Å². The van der Waals surface area contributed by atoms with E-state index < -0.39 is 17.8 Å². The summed E-state index contributed by atoms with van der Waals surface area (Å²) in [7, 11) is 0. The molecule has 0 spiro atoms. The van der Waals surface area contributed by atoms with E-state index in [-0.39, 0.29) is 11.8 Å². The molecule has 1 aliphatic heterocycles. The molecule has 1 saturated heterocycles. The van der Waals surface area contributed by atoms with Crippen molar-refractivity contribution >= 4 is 0 Å². The molecular weight excluding hydrogens is 361 g/mol. The molecule has 7 heteroatoms. The van der Waals surface area contributed by atoms with Crippen molar-refractivity contribution in [2.24, 2.45) is 11.8 Å². The number of nitrogens with zero attached hydrogens (tertiary/aromatic N) is 3. The van der Waals surface area contributed by atoms with Gasteiger partial charge in [-0.05, 0) is 61.1 Å². The number of pyridine rings is 1. The van der Waals surface area contributed by atoms with E-state index >= 15 is 0 Å². The normalized spacial score (nSPS) is 25.2. The van der Waals surface area contributed by atoms with Crippen LogP contribution in [0.5, 0.6) is 11.5 Å². The van der Waals surface area contributed by atoms with Crippen LogP contribution in [-0.2, 0) is 0 Å². The monoisotopic (exact) mass is 383 g/mol. The third-order valence-corrected chi connectivity index (χ3v) is 5.69. The predicted molar refractivity (Wildman–Crippen MR) is 99.0 cm³/mol. The number of fused-ring (bicyclic) bond motifs is 1. The number of aromatic hydroxyl groups is 1. The summed E-state index contributed by atoms with van der Waals surface area (Å²) < 4.78 is 19.5. The van der Waals surface area contributed by atoms with E-state index in [9.17, 15) is 14.6 Å². The number of nitriles is 1. The van der Waals surface area contributed by atoms with E-state index in [2.05, 4.69) is 16.0 Å². The van der Waals surface area contributed by atoms with Gasteiger partial charge in [-0.1, -0.05) is 0 Å². The van der Waals surface area contributed by atoms with Crippen LogP contribution < -0.4 is 4.74 Å². The lowest BCUT2D eigenvalue weighted by atomic mass is 10.0. The minimum atomic E-state index is -0.961. The van der Waals surface area contributed by atoms with Gasteiger partial charge in [0, 0.05) is 19.6 Å². The highest BCUT2D eigenvalue weighted by molar-refractivity contribution is 5.34. The number of likely N-dealkylation sites (tertiary alicyclic amines) is 1. The lowest BCUT2D eigenvalue weighted by Gasteiger charge is -2.22. The van der Waals surface area contributed by atoms with Gasteiger partial charge < -0.3 is 14.9 Å². The molecule has 1 aliphatic carbocycles. The molecule has 2 heterocycles. The Bertz CT molecular complexity index is 869. The van der Waals surface area contributed by atoms with Crippen molar-refractivity contribution < 1.29 is 19.3 Å². The zero-order valence-corrected chi connectivity index (χ0v) is 15.3. The summed E-state index contributed by atoms with van der Waals surface area (Å²) in [6, 6.07) is 11.9. The Labute approximate surface area is 162 Å². The quantitative estimate of drug-likeness (QED) is 0.772. The van der Waals surface area contributed by atoms with Crippen LogP contribution in [0.15, 0.2) is 36.4 Å². The Balaban J connectivity index is 1.29. The molecule has 4 atom stereocenters. The largest absolute Gasteiger partial charge is 0.504 e. The molecule has 2 unspecified atom stereocenters. The minimum absolute atomic E-state index is 0.169. The van der Waals surface area contributed by atoms with E-state index in [0.29, 0.717) is 23.9 Å². The summed E-state index contributed by atoms with van der Waals surface area (Å²) in [6.45, 7) is 2.14. The summed E-state index contributed by atoms with van der Waals surface area (Å²) in [5.74, 6) is 0.342. The smallest absolute Gasteiger partial charge is 0.255 e. The number of hydrogen-bond acceptors (Lipinski definition) is 6. The maximum atomic E-state index is 13.4. The van der Waals surface area contributed by atoms with Gasteiger partial charge in [-0.2, -0.15) is 9.65 Å². The first kappa shape index (κ1) is 18.7. The Kier molecular flexibility index (Phi) is 5.16. The first-order valence-electron chi connectivity index (χ1n) is 9.44. The van der Waals surface area contributed by atoms with Gasteiger partial charge in [-0.3, -0.25) is 4.90 Å². The SMILES string of the molecule is N#Cc1ccc(OC2C[C@@H]3CN(CC(O)c4ccc(O)c(F)n4)C[C@@H]3C2)cc1. The van der Waals surface area contributed by atoms with E-state index in [1.54, 1.807) is 12.1 Å². The van der Waals surface area contributed by atoms with E-state index in [1.165, 1.54) is 12.1 Å². The fourth-order valence-electron chi connectivity index (χ4n) is 4.35. The molecule has 0 radical (unpaired) electrons. The summed E-state index contributed by atoms with van der Waals surface area (Å²) in [6.07, 6.45) is 1.20. The topological polar surface area (TPSA) is 89.6 Å². The number of benzene rings is 1. The van der Waals surface area contributed by atoms with E-state index in [4.69, 9.17) is 10.00 Å². The van der Waals surface area contributed by atoms with Crippen LogP contribution in [0.3, 0.4) is 0 Å². The van der Waals surface area contributed by atoms with Crippen molar-refractivity contribution in [3.05, 3.63) is 53.6 Å². The molecule has 0 bridgehead atoms. The lowest BCUT2D eigenvalue weighted by molar-refractivity contribution is 0.112. The van der Waals surface area contributed by atoms with Crippen molar-refractivity contribution in [3.8, 4) is 17.6 Å². The third-order valence-electron chi connectivity index (χ3n) is 5.69. The minimum Gasteiger partial charge on any atom is -0.504 e. The molecule has 2 fully saturated rings. The highest BCUT2D eigenvalue weighted by Crippen LogP contribution is 2.40. The predicted octanol–water partition coefficient (Wildman–Crippen LogP) is 2.62. The highest BCUT2D eigenvalue weighted by atomic mass is 19.1. The standard InChI is InChI=1S/C21H22FN3O3/c22-21-19(26)6-5-18(24-21)20(27)12-25-10-14-7-17(8-15(14)11-25)28-16-3-1-13(9-23)2-4-16/h1-6,14-15,17,20,26-27H,7-8,10-12H2/t14-,15+,17?,20?. The number of aliphatic hydroxyl groups excluding tert-OH is 1. The average Bonchev–Trinajstić information content (AvgIpc) is 3.22. The van der Waals surface area contributed by atoms with Crippen LogP contribution in [0, 0.1) is 29.1 Å². The molecule has 6 nitrogen and oxygen atoms in total. The van der Waals surface area contributed by atoms with Crippen LogP contribution in [-0.4, -0.2) is 45.8 Å². The zero-order valence-electron chi connectivity index (χ0n) is 15.3. The number of rotatable bonds is 5. The van der Waals surface area contributed by atoms with Crippen LogP contribution in [0.25, 0.3) is 0 Å². The zero-order chi connectivity index (χ0) is 19.7. The summed E-state index contributed by atoms with van der Waals surface area (Å²) in [5, 5.41) is 28.4. The van der Waals surface area contributed by atoms with Crippen LogP contribution >= 0.6 is 0 Å². The van der Waals surface area contributed by atoms with Gasteiger partial charge in [0.1, 0.15) is 11.9 Å². The number of β-amino-alcohol motifs (C(OH)–C–C–N with tert-alkyl or cyclic N) is 1. The fourth-order valence-corrected chi connectivity index (χ4v) is 4.35. The summed E-state index contributed by atoms with van der Waals surface area (Å²) in [5.41, 5.74) is 0.849. The molecule has 1 aromatic heterocycles. The number of halogens is 1. The lowest BCUT2D eigenvalue weighted by Crippen LogP contribution is -2.29. The molecular formula is C21H22FN3O3. The second-order valence-electron chi connectivity index (χ2n) is 7.65. The van der Waals surface area contributed by atoms with Crippen molar-refractivity contribution in [2.45, 2.75) is 25.0 Å². The Morgan fingerprint density at radius 3 is 2.46 bits per heavy atom. The van der Waals surface area contributed by atoms with Gasteiger partial charge in [0.2, 0.25) is 0 Å². The molecule has 2 aromatic rings. The summed E-state index contributed by atoms with van der Waals surface area (Å²) in [4.78, 5) is 5.81. The second-order valence-corrected chi connectivity index (χ2v) is 7.65. The Morgan fingerprint density at radius 2 is 1.86 bits per heavy atom. The first-order chi connectivity index (χ1) is 13.5. The molecule has 1 aromatic carbocycles. The number of aromatic nitrogens is 1. The van der Waals surface area contributed by atoms with Gasteiger partial charge in [-0.15, -0.1) is 0 Å². The van der Waals surface area contributed by atoms with Gasteiger partial charge in [0.15, 0.2) is 5.75 Å². The molecule has 146 valence electrons. The van der Waals surface area contributed by atoms with Crippen molar-refractivity contribution in [3.63, 3.8) is 0 Å². The second kappa shape index (κ2) is 7.74. The molecule has 4 rings (SSSR count). The van der Waals surface area contributed by atoms with Gasteiger partial charge in [0.25, 0.3) is 5.95 Å². The van der Waals surface area contributed by atoms with Gasteiger partial charge in [0.05, 0.1) is 23.4 Å². The number of ether oxygens (including phenoxy) is 1. The van der Waals surface area contributed by atoms with Crippen molar-refractivity contribution in [2.75, 3.05) is 19.6 Å². The fraction of sp³-hybridized carbons (Fsp3) is 0.429. The number of hydrogen-bond donors (Lipinski definition) is 2. The molecule has 1 saturated carbocycles. The molecule has 2 N–H and O–H groups in total. The van der Waals surface area contributed by atoms with Crippen molar-refractivity contribution in [1.82, 2.24) is 9.88 Å². The molecule has 2 aliphatic rings. The Hall–Kier alpha value is -2.69. The summed E-state index contributed by atoms with van der Waals surface area (Å²) >= 11 is 0. The molecule has 28 heavy (non-hydrogen) atoms. The van der Waals surface area contributed by atoms with Crippen LogP contribution in [0.2, 0.25) is 0 Å². The van der Waals surface area contributed by atoms with Crippen LogP contribution in [0.1, 0.15) is 30.2 Å². The number of aliphatic hydroxyl groups is 1. The average molecular weight is 383 g/mol. The highest BCUT2D eigenvalue weighted by Gasteiger charge is 2.42.